The molecule has 4 rings (SSSR count). The van der Waals surface area contributed by atoms with Gasteiger partial charge in [-0.15, -0.1) is 0 Å². The fourth-order valence-electron chi connectivity index (χ4n) is 4.56. The number of likely N-dealkylation sites (tertiary alicyclic amines) is 2. The number of anilines is 1. The standard InChI is InChI=1S/C25H31N3O2/c29-24(18-20-9-3-1-4-10-20)28-16-8-13-23(28)25(30)26-22-12-7-11-21(17-22)19-27-14-5-2-6-15-27/h1,3-4,7,9-12,17,23H,2,5-6,8,13-16,18-19H2,(H,26,30). The first-order valence-corrected chi connectivity index (χ1v) is 11.1. The molecule has 0 aromatic heterocycles. The minimum Gasteiger partial charge on any atom is -0.330 e. The van der Waals surface area contributed by atoms with E-state index in [1.54, 1.807) is 4.90 Å². The van der Waals surface area contributed by atoms with Crippen LogP contribution in [0, 0.1) is 0 Å². The summed E-state index contributed by atoms with van der Waals surface area (Å²) in [6.07, 6.45) is 5.80. The van der Waals surface area contributed by atoms with Gasteiger partial charge in [-0.3, -0.25) is 14.5 Å². The molecule has 2 fully saturated rings. The number of rotatable bonds is 6. The summed E-state index contributed by atoms with van der Waals surface area (Å²) in [6, 6.07) is 17.5. The van der Waals surface area contributed by atoms with Gasteiger partial charge < -0.3 is 10.2 Å². The van der Waals surface area contributed by atoms with Gasteiger partial charge in [-0.05, 0) is 62.0 Å². The lowest BCUT2D eigenvalue weighted by atomic mass is 10.1. The van der Waals surface area contributed by atoms with Gasteiger partial charge in [0.1, 0.15) is 6.04 Å². The summed E-state index contributed by atoms with van der Waals surface area (Å²) in [5, 5.41) is 3.06. The summed E-state index contributed by atoms with van der Waals surface area (Å²) >= 11 is 0. The lowest BCUT2D eigenvalue weighted by Crippen LogP contribution is -2.43. The van der Waals surface area contributed by atoms with Crippen molar-refractivity contribution in [2.45, 2.75) is 51.1 Å². The summed E-state index contributed by atoms with van der Waals surface area (Å²) in [7, 11) is 0. The number of hydrogen-bond acceptors (Lipinski definition) is 3. The number of piperidine rings is 1. The molecule has 0 aliphatic carbocycles. The van der Waals surface area contributed by atoms with E-state index in [0.29, 0.717) is 13.0 Å². The van der Waals surface area contributed by atoms with Crippen molar-refractivity contribution >= 4 is 17.5 Å². The summed E-state index contributed by atoms with van der Waals surface area (Å²) in [6.45, 7) is 3.88. The quantitative estimate of drug-likeness (QED) is 0.794. The third-order valence-corrected chi connectivity index (χ3v) is 6.12. The summed E-state index contributed by atoms with van der Waals surface area (Å²) in [5.41, 5.74) is 3.02. The highest BCUT2D eigenvalue weighted by Gasteiger charge is 2.33. The Hall–Kier alpha value is -2.66. The smallest absolute Gasteiger partial charge is 0.247 e. The van der Waals surface area contributed by atoms with Crippen LogP contribution in [-0.2, 0) is 22.6 Å². The zero-order valence-electron chi connectivity index (χ0n) is 17.6. The molecule has 0 radical (unpaired) electrons. The Morgan fingerprint density at radius 3 is 2.43 bits per heavy atom. The molecule has 158 valence electrons. The van der Waals surface area contributed by atoms with Crippen molar-refractivity contribution in [1.29, 1.82) is 0 Å². The minimum atomic E-state index is -0.382. The third-order valence-electron chi connectivity index (χ3n) is 6.12. The van der Waals surface area contributed by atoms with Crippen molar-refractivity contribution in [3.8, 4) is 0 Å². The number of carbonyl (C=O) groups is 2. The highest BCUT2D eigenvalue weighted by atomic mass is 16.2. The Morgan fingerprint density at radius 2 is 1.63 bits per heavy atom. The second kappa shape index (κ2) is 9.90. The molecule has 0 bridgehead atoms. The van der Waals surface area contributed by atoms with Gasteiger partial charge in [-0.1, -0.05) is 48.9 Å². The largest absolute Gasteiger partial charge is 0.330 e. The molecule has 1 atom stereocenters. The van der Waals surface area contributed by atoms with Gasteiger partial charge in [0.05, 0.1) is 6.42 Å². The van der Waals surface area contributed by atoms with Crippen LogP contribution in [0.4, 0.5) is 5.69 Å². The van der Waals surface area contributed by atoms with Crippen LogP contribution in [-0.4, -0.2) is 47.3 Å². The second-order valence-electron chi connectivity index (χ2n) is 8.43. The van der Waals surface area contributed by atoms with Gasteiger partial charge in [-0.25, -0.2) is 0 Å². The first kappa shape index (κ1) is 20.6. The molecule has 1 N–H and O–H groups in total. The SMILES string of the molecule is O=C(Nc1cccc(CN2CCCCC2)c1)C1CCCN1C(=O)Cc1ccccc1. The molecule has 2 heterocycles. The number of nitrogens with zero attached hydrogens (tertiary/aromatic N) is 2. The highest BCUT2D eigenvalue weighted by molar-refractivity contribution is 5.97. The fraction of sp³-hybridized carbons (Fsp3) is 0.440. The van der Waals surface area contributed by atoms with Crippen molar-refractivity contribution in [3.05, 3.63) is 65.7 Å². The Bertz CT molecular complexity index is 862. The van der Waals surface area contributed by atoms with Crippen LogP contribution in [0.2, 0.25) is 0 Å². The summed E-state index contributed by atoms with van der Waals surface area (Å²) in [5.74, 6) is -0.0540. The van der Waals surface area contributed by atoms with Crippen LogP contribution in [0.1, 0.15) is 43.2 Å². The van der Waals surface area contributed by atoms with E-state index in [-0.39, 0.29) is 17.9 Å². The molecular formula is C25H31N3O2. The number of hydrogen-bond donors (Lipinski definition) is 1. The van der Waals surface area contributed by atoms with Gasteiger partial charge >= 0.3 is 0 Å². The van der Waals surface area contributed by atoms with E-state index in [4.69, 9.17) is 0 Å². The maximum Gasteiger partial charge on any atom is 0.247 e. The molecule has 1 unspecified atom stereocenters. The maximum atomic E-state index is 13.0. The molecule has 30 heavy (non-hydrogen) atoms. The lowest BCUT2D eigenvalue weighted by molar-refractivity contribution is -0.136. The van der Waals surface area contributed by atoms with Gasteiger partial charge in [-0.2, -0.15) is 0 Å². The number of amides is 2. The molecule has 2 aromatic carbocycles. The topological polar surface area (TPSA) is 52.7 Å². The average molecular weight is 406 g/mol. The molecule has 2 aliphatic rings. The zero-order valence-corrected chi connectivity index (χ0v) is 17.6. The Labute approximate surface area is 179 Å². The molecule has 2 amide bonds. The Kier molecular flexibility index (Phi) is 6.80. The average Bonchev–Trinajstić information content (AvgIpc) is 3.26. The molecule has 0 saturated carbocycles. The number of benzene rings is 2. The van der Waals surface area contributed by atoms with Gasteiger partial charge in [0.15, 0.2) is 0 Å². The molecule has 2 saturated heterocycles. The lowest BCUT2D eigenvalue weighted by Gasteiger charge is -2.26. The maximum absolute atomic E-state index is 13.0. The fourth-order valence-corrected chi connectivity index (χ4v) is 4.56. The van der Waals surface area contributed by atoms with Crippen molar-refractivity contribution in [2.75, 3.05) is 25.0 Å². The predicted molar refractivity (Wildman–Crippen MR) is 119 cm³/mol. The molecule has 0 spiro atoms. The van der Waals surface area contributed by atoms with Gasteiger partial charge in [0, 0.05) is 18.8 Å². The second-order valence-corrected chi connectivity index (χ2v) is 8.43. The molecule has 2 aliphatic heterocycles. The van der Waals surface area contributed by atoms with Crippen molar-refractivity contribution in [3.63, 3.8) is 0 Å². The number of carbonyl (C=O) groups excluding carboxylic acids is 2. The zero-order chi connectivity index (χ0) is 20.8. The van der Waals surface area contributed by atoms with E-state index in [0.717, 1.165) is 43.7 Å². The van der Waals surface area contributed by atoms with Crippen LogP contribution >= 0.6 is 0 Å². The van der Waals surface area contributed by atoms with E-state index in [1.165, 1.54) is 24.8 Å². The first-order chi connectivity index (χ1) is 14.7. The van der Waals surface area contributed by atoms with Crippen molar-refractivity contribution in [1.82, 2.24) is 9.80 Å². The monoisotopic (exact) mass is 405 g/mol. The van der Waals surface area contributed by atoms with Crippen LogP contribution in [0.15, 0.2) is 54.6 Å². The Balaban J connectivity index is 1.36. The van der Waals surface area contributed by atoms with Crippen LogP contribution in [0.25, 0.3) is 0 Å². The number of nitrogens with one attached hydrogen (secondary N) is 1. The summed E-state index contributed by atoms with van der Waals surface area (Å²) < 4.78 is 0. The van der Waals surface area contributed by atoms with E-state index >= 15 is 0 Å². The van der Waals surface area contributed by atoms with E-state index in [9.17, 15) is 9.59 Å². The Morgan fingerprint density at radius 1 is 0.867 bits per heavy atom. The van der Waals surface area contributed by atoms with E-state index < -0.39 is 0 Å². The molecular weight excluding hydrogens is 374 g/mol. The molecule has 5 nitrogen and oxygen atoms in total. The van der Waals surface area contributed by atoms with E-state index in [2.05, 4.69) is 22.3 Å². The van der Waals surface area contributed by atoms with Gasteiger partial charge in [0.25, 0.3) is 0 Å². The summed E-state index contributed by atoms with van der Waals surface area (Å²) in [4.78, 5) is 30.0. The minimum absolute atomic E-state index is 0.0256. The third kappa shape index (κ3) is 5.28. The first-order valence-electron chi connectivity index (χ1n) is 11.1. The molecule has 2 aromatic rings. The van der Waals surface area contributed by atoms with Crippen molar-refractivity contribution < 1.29 is 9.59 Å². The van der Waals surface area contributed by atoms with Crippen LogP contribution in [0.5, 0.6) is 0 Å². The van der Waals surface area contributed by atoms with E-state index in [1.807, 2.05) is 42.5 Å². The van der Waals surface area contributed by atoms with Crippen molar-refractivity contribution in [2.24, 2.45) is 0 Å². The van der Waals surface area contributed by atoms with Crippen LogP contribution < -0.4 is 5.32 Å². The van der Waals surface area contributed by atoms with Gasteiger partial charge in [0.2, 0.25) is 11.8 Å². The predicted octanol–water partition coefficient (Wildman–Crippen LogP) is 3.84. The molecule has 5 heteroatoms. The normalized spacial score (nSPS) is 19.6. The van der Waals surface area contributed by atoms with Crippen LogP contribution in [0.3, 0.4) is 0 Å². The highest BCUT2D eigenvalue weighted by Crippen LogP contribution is 2.22.